The quantitative estimate of drug-likeness (QED) is 0.0348. The van der Waals surface area contributed by atoms with Crippen molar-refractivity contribution in [2.75, 3.05) is 56.5 Å². The molecule has 0 aliphatic carbocycles. The minimum absolute atomic E-state index is 0.0193. The lowest BCUT2D eigenvalue weighted by molar-refractivity contribution is -0.138. The number of alkyl halides is 6. The van der Waals surface area contributed by atoms with Crippen molar-refractivity contribution >= 4 is 74.6 Å². The molecule has 6 rings (SSSR count). The van der Waals surface area contributed by atoms with E-state index in [0.717, 1.165) is 27.3 Å². The lowest BCUT2D eigenvalue weighted by atomic mass is 10.2. The van der Waals surface area contributed by atoms with Gasteiger partial charge in [0.25, 0.3) is 0 Å². The Morgan fingerprint density at radius 1 is 0.620 bits per heavy atom. The second-order valence-electron chi connectivity index (χ2n) is 17.6. The number of phenols is 1. The van der Waals surface area contributed by atoms with Crippen molar-refractivity contribution in [3.8, 4) is 11.5 Å². The highest BCUT2D eigenvalue weighted by atomic mass is 32.2. The Balaban J connectivity index is 0.000000269. The van der Waals surface area contributed by atoms with Crippen molar-refractivity contribution in [1.29, 1.82) is 0 Å². The molecular formula is C46H54F6N10O6S2Si. The fourth-order valence-corrected chi connectivity index (χ4v) is 7.93. The number of rotatable bonds is 16. The fraction of sp³-hybridized carbons (Fsp3) is 0.304. The van der Waals surface area contributed by atoms with Crippen LogP contribution >= 0.6 is 0 Å². The zero-order valence-electron chi connectivity index (χ0n) is 40.1. The maximum atomic E-state index is 13.7. The molecule has 25 heteroatoms. The van der Waals surface area contributed by atoms with Crippen molar-refractivity contribution in [3.63, 3.8) is 0 Å². The summed E-state index contributed by atoms with van der Waals surface area (Å²) in [6.07, 6.45) is -5.85. The highest BCUT2D eigenvalue weighted by Gasteiger charge is 2.39. The van der Waals surface area contributed by atoms with Gasteiger partial charge < -0.3 is 30.8 Å². The number of benzene rings is 4. The molecule has 0 spiro atoms. The van der Waals surface area contributed by atoms with E-state index < -0.39 is 63.5 Å². The molecule has 0 atom stereocenters. The number of hydrogen-bond acceptors (Lipinski definition) is 14. The molecule has 2 aromatic heterocycles. The molecule has 6 aromatic rings. The molecule has 0 radical (unpaired) electrons. The van der Waals surface area contributed by atoms with Crippen LogP contribution in [0.25, 0.3) is 0 Å². The minimum atomic E-state index is -4.68. The Morgan fingerprint density at radius 3 is 1.35 bits per heavy atom. The maximum absolute atomic E-state index is 13.7. The Morgan fingerprint density at radius 2 is 1.00 bits per heavy atom. The van der Waals surface area contributed by atoms with E-state index in [1.165, 1.54) is 38.4 Å². The van der Waals surface area contributed by atoms with Gasteiger partial charge in [0.2, 0.25) is 40.3 Å². The van der Waals surface area contributed by atoms with E-state index >= 15 is 0 Å². The number of halogens is 6. The predicted molar refractivity (Wildman–Crippen MR) is 267 cm³/mol. The monoisotopic (exact) mass is 1050 g/mol. The van der Waals surface area contributed by atoms with Crippen molar-refractivity contribution < 1.29 is 52.7 Å². The van der Waals surface area contributed by atoms with E-state index in [2.05, 4.69) is 75.1 Å². The molecule has 382 valence electrons. The van der Waals surface area contributed by atoms with Crippen LogP contribution < -0.4 is 34.3 Å². The molecule has 4 aromatic carbocycles. The van der Waals surface area contributed by atoms with E-state index in [4.69, 9.17) is 4.43 Å². The van der Waals surface area contributed by atoms with Gasteiger partial charge in [-0.3, -0.25) is 8.61 Å². The van der Waals surface area contributed by atoms with Gasteiger partial charge in [-0.05, 0) is 102 Å². The number of aromatic hydroxyl groups is 1. The van der Waals surface area contributed by atoms with Crippen LogP contribution in [0, 0.1) is 0 Å². The van der Waals surface area contributed by atoms with Crippen LogP contribution in [0.2, 0.25) is 18.1 Å². The van der Waals surface area contributed by atoms with E-state index in [9.17, 15) is 48.3 Å². The van der Waals surface area contributed by atoms with E-state index in [-0.39, 0.29) is 35.8 Å². The molecule has 0 saturated heterocycles. The van der Waals surface area contributed by atoms with Crippen LogP contribution in [0.15, 0.2) is 109 Å². The summed E-state index contributed by atoms with van der Waals surface area (Å²) in [4.78, 5) is 15.6. The smallest absolute Gasteiger partial charge is 0.421 e. The summed E-state index contributed by atoms with van der Waals surface area (Å²) in [6.45, 7) is 10.7. The van der Waals surface area contributed by atoms with E-state index in [1.54, 1.807) is 72.8 Å². The van der Waals surface area contributed by atoms with Gasteiger partial charge >= 0.3 is 12.4 Å². The summed E-state index contributed by atoms with van der Waals surface area (Å²) in [5.74, 6) is -0.178. The van der Waals surface area contributed by atoms with Crippen LogP contribution in [0.1, 0.15) is 43.0 Å². The molecule has 5 N–H and O–H groups in total. The van der Waals surface area contributed by atoms with Gasteiger partial charge in [-0.1, -0.05) is 45.0 Å². The lowest BCUT2D eigenvalue weighted by Crippen LogP contribution is -2.43. The first-order valence-electron chi connectivity index (χ1n) is 21.3. The number of phenolic OH excluding ortho intramolecular Hbond substituents is 1. The fourth-order valence-electron chi connectivity index (χ4n) is 5.90. The highest BCUT2D eigenvalue weighted by molar-refractivity contribution is 7.92. The average molecular weight is 1050 g/mol. The van der Waals surface area contributed by atoms with Gasteiger partial charge in [0.15, 0.2) is 0 Å². The summed E-state index contributed by atoms with van der Waals surface area (Å²) in [7, 11) is -6.21. The summed E-state index contributed by atoms with van der Waals surface area (Å²) in [6, 6.07) is 25.8. The molecule has 0 bridgehead atoms. The van der Waals surface area contributed by atoms with Gasteiger partial charge in [0.1, 0.15) is 34.3 Å². The van der Waals surface area contributed by atoms with Crippen LogP contribution in [0.4, 0.5) is 72.6 Å². The molecule has 16 nitrogen and oxygen atoms in total. The molecule has 0 unspecified atom stereocenters. The molecule has 71 heavy (non-hydrogen) atoms. The summed E-state index contributed by atoms with van der Waals surface area (Å²) in [5.41, 5.74) is 0.886. The second kappa shape index (κ2) is 21.6. The van der Waals surface area contributed by atoms with Crippen LogP contribution in [-0.2, 0) is 45.5 Å². The van der Waals surface area contributed by atoms with Crippen LogP contribution in [0.5, 0.6) is 11.5 Å². The van der Waals surface area contributed by atoms with Crippen molar-refractivity contribution in [1.82, 2.24) is 19.9 Å². The van der Waals surface area contributed by atoms with Crippen molar-refractivity contribution in [3.05, 3.63) is 132 Å². The topological polar surface area (TPSA) is 204 Å². The summed E-state index contributed by atoms with van der Waals surface area (Å²) in [5, 5.41) is 20.5. The number of anilines is 8. The first kappa shape index (κ1) is 55.1. The molecule has 0 aliphatic rings. The Labute approximate surface area is 409 Å². The van der Waals surface area contributed by atoms with Crippen molar-refractivity contribution in [2.45, 2.75) is 64.3 Å². The molecule has 2 heterocycles. The number of aromatic nitrogens is 4. The summed E-state index contributed by atoms with van der Waals surface area (Å²) < 4.78 is 137. The number of hydrogen-bond donors (Lipinski definition) is 5. The van der Waals surface area contributed by atoms with Gasteiger partial charge in [0.05, 0.1) is 23.9 Å². The third kappa shape index (κ3) is 15.6. The molecular weight excluding hydrogens is 995 g/mol. The largest absolute Gasteiger partial charge is 0.544 e. The Hall–Kier alpha value is -6.86. The van der Waals surface area contributed by atoms with Crippen LogP contribution in [-0.4, -0.2) is 76.8 Å². The SMILES string of the molecule is CN(c1cccc(CNc2nc(Nc3ccc(O)cc3)ncc2C(F)(F)F)c1)S(C)(=O)=O.CN(c1cccc(CNc2nc(Nc3ccc(O[Si](C)(C)C(C)(C)C)cc3)ncc2C(F)(F)F)c1)S(C)(=O)=O. The number of nitrogens with zero attached hydrogens (tertiary/aromatic N) is 6. The van der Waals surface area contributed by atoms with E-state index in [1.807, 2.05) is 0 Å². The molecule has 0 fully saturated rings. The number of nitrogens with one attached hydrogen (secondary N) is 4. The first-order chi connectivity index (χ1) is 32.8. The highest BCUT2D eigenvalue weighted by Crippen LogP contribution is 2.39. The Kier molecular flexibility index (Phi) is 16.8. The summed E-state index contributed by atoms with van der Waals surface area (Å²) >= 11 is 0. The number of sulfonamides is 2. The van der Waals surface area contributed by atoms with Crippen molar-refractivity contribution in [2.24, 2.45) is 0 Å². The zero-order chi connectivity index (χ0) is 52.7. The predicted octanol–water partition coefficient (Wildman–Crippen LogP) is 10.6. The normalized spacial score (nSPS) is 12.3. The minimum Gasteiger partial charge on any atom is -0.544 e. The first-order valence-corrected chi connectivity index (χ1v) is 27.9. The maximum Gasteiger partial charge on any atom is 0.421 e. The Bertz CT molecular complexity index is 3020. The molecule has 0 aliphatic heterocycles. The average Bonchev–Trinajstić information content (AvgIpc) is 3.27. The lowest BCUT2D eigenvalue weighted by Gasteiger charge is -2.36. The standard InChI is InChI=1S/C26H34F3N5O3SSi.C20H20F3N5O3S/c1-25(2,3)39(6,7)37-21-13-11-19(12-14-21)32-24-31-17-22(26(27,28)29)23(33-24)30-16-18-9-8-10-20(15-18)34(4)38(5,35)36;1-28(32(2,30)31)15-5-3-4-13(10-15)11-24-18-17(20(21,22)23)12-25-19(27-18)26-14-6-8-16(29)9-7-14/h8-15,17H,16H2,1-7H3,(H2,30,31,32,33);3-10,12,29H,11H2,1-2H3,(H2,24,25,26,27). The van der Waals surface area contributed by atoms with Gasteiger partial charge in [0, 0.05) is 51.0 Å². The second-order valence-corrected chi connectivity index (χ2v) is 26.4. The van der Waals surface area contributed by atoms with E-state index in [0.29, 0.717) is 45.8 Å². The van der Waals surface area contributed by atoms with Gasteiger partial charge in [-0.25, -0.2) is 26.8 Å². The molecule has 0 amide bonds. The van der Waals surface area contributed by atoms with Gasteiger partial charge in [-0.2, -0.15) is 36.3 Å². The third-order valence-electron chi connectivity index (χ3n) is 11.1. The zero-order valence-corrected chi connectivity index (χ0v) is 42.7. The third-order valence-corrected chi connectivity index (χ3v) is 17.8. The van der Waals surface area contributed by atoms with Gasteiger partial charge in [-0.15, -0.1) is 0 Å². The van der Waals surface area contributed by atoms with Crippen LogP contribution in [0.3, 0.4) is 0 Å². The molecule has 0 saturated carbocycles.